The van der Waals surface area contributed by atoms with Gasteiger partial charge in [-0.25, -0.2) is 0 Å². The van der Waals surface area contributed by atoms with Crippen molar-refractivity contribution in [2.75, 3.05) is 0 Å². The molecule has 0 aliphatic carbocycles. The number of nitrogens with zero attached hydrogens (tertiary/aromatic N) is 3. The average Bonchev–Trinajstić information content (AvgIpc) is 3.03. The van der Waals surface area contributed by atoms with Crippen LogP contribution in [0.3, 0.4) is 0 Å². The second kappa shape index (κ2) is 7.06. The molecular formula is C22H30BF2N3O. The summed E-state index contributed by atoms with van der Waals surface area (Å²) in [5.74, 6) is 0. The van der Waals surface area contributed by atoms with Crippen LogP contribution in [0.4, 0.5) is 8.63 Å². The summed E-state index contributed by atoms with van der Waals surface area (Å²) in [6.45, 7) is 15.2. The van der Waals surface area contributed by atoms with Crippen LogP contribution in [-0.4, -0.2) is 38.9 Å². The highest BCUT2D eigenvalue weighted by Crippen LogP contribution is 2.45. The molecule has 3 heterocycles. The summed E-state index contributed by atoms with van der Waals surface area (Å²) >= 11 is 0. The summed E-state index contributed by atoms with van der Waals surface area (Å²) in [5, 5.41) is 12.1. The Kier molecular flexibility index (Phi) is 5.29. The van der Waals surface area contributed by atoms with E-state index in [2.05, 4.69) is 0 Å². The van der Waals surface area contributed by atoms with Gasteiger partial charge in [0.2, 0.25) is 0 Å². The molecule has 0 aromatic carbocycles. The van der Waals surface area contributed by atoms with Gasteiger partial charge in [-0.1, -0.05) is 6.08 Å². The first-order valence-electron chi connectivity index (χ1n) is 9.93. The van der Waals surface area contributed by atoms with Crippen molar-refractivity contribution in [3.05, 3.63) is 52.0 Å². The highest BCUT2D eigenvalue weighted by molar-refractivity contribution is 6.41. The van der Waals surface area contributed by atoms with Crippen molar-refractivity contribution in [1.29, 1.82) is 0 Å². The van der Waals surface area contributed by atoms with Crippen LogP contribution in [0.1, 0.15) is 64.9 Å². The standard InChI is InChI=1S/C22H30BF2N3O/c1-13-9-15(3)26-19(13)18(20-14(2)10-16(4)27(20)23(24)25)17-11-21(5,6)28(29)22(7,8)12-17/h9-11,29H,12H2,1-8H3/b19-18-. The summed E-state index contributed by atoms with van der Waals surface area (Å²) in [4.78, 5) is 4.72. The number of aryl methyl sites for hydroxylation is 2. The molecule has 0 atom stereocenters. The van der Waals surface area contributed by atoms with E-state index < -0.39 is 18.5 Å². The van der Waals surface area contributed by atoms with E-state index in [1.165, 1.54) is 5.06 Å². The molecule has 2 aliphatic rings. The Morgan fingerprint density at radius 1 is 1.14 bits per heavy atom. The molecule has 1 N–H and O–H groups in total. The van der Waals surface area contributed by atoms with E-state index >= 15 is 0 Å². The molecule has 0 spiro atoms. The molecule has 0 saturated carbocycles. The number of hydrogen-bond donors (Lipinski definition) is 1. The number of halogens is 2. The van der Waals surface area contributed by atoms with Gasteiger partial charge in [-0.15, -0.1) is 0 Å². The van der Waals surface area contributed by atoms with Crippen LogP contribution in [0, 0.1) is 13.8 Å². The first kappa shape index (κ1) is 21.7. The van der Waals surface area contributed by atoms with Crippen molar-refractivity contribution >= 4 is 18.7 Å². The minimum absolute atomic E-state index is 0.503. The Morgan fingerprint density at radius 2 is 1.76 bits per heavy atom. The summed E-state index contributed by atoms with van der Waals surface area (Å²) < 4.78 is 29.3. The van der Waals surface area contributed by atoms with Crippen LogP contribution < -0.4 is 0 Å². The topological polar surface area (TPSA) is 40.8 Å². The zero-order valence-corrected chi connectivity index (χ0v) is 18.6. The molecule has 1 aromatic rings. The maximum atomic E-state index is 14.1. The van der Waals surface area contributed by atoms with Gasteiger partial charge in [0.15, 0.2) is 0 Å². The fourth-order valence-corrected chi connectivity index (χ4v) is 4.75. The fraction of sp³-hybridized carbons (Fsp3) is 0.500. The van der Waals surface area contributed by atoms with Crippen molar-refractivity contribution in [2.24, 2.45) is 4.99 Å². The zero-order chi connectivity index (χ0) is 21.9. The lowest BCUT2D eigenvalue weighted by molar-refractivity contribution is -0.213. The van der Waals surface area contributed by atoms with Crippen LogP contribution in [0.25, 0.3) is 5.57 Å². The third-order valence-corrected chi connectivity index (χ3v) is 5.77. The van der Waals surface area contributed by atoms with Gasteiger partial charge in [-0.2, -0.15) is 5.06 Å². The Balaban J connectivity index is 2.39. The SMILES string of the molecule is CC1=CC(C)=N/C1=C(/C1=CC(C)(C)N(O)C(C)(C)C1)c1c(C)cc(C)n1B(F)F. The zero-order valence-electron chi connectivity index (χ0n) is 18.6. The van der Waals surface area contributed by atoms with Crippen LogP contribution in [0.2, 0.25) is 0 Å². The van der Waals surface area contributed by atoms with E-state index in [0.717, 1.165) is 38.2 Å². The molecule has 29 heavy (non-hydrogen) atoms. The van der Waals surface area contributed by atoms with Gasteiger partial charge < -0.3 is 9.69 Å². The van der Waals surface area contributed by atoms with Crippen molar-refractivity contribution in [1.82, 2.24) is 9.54 Å². The third-order valence-electron chi connectivity index (χ3n) is 5.77. The van der Waals surface area contributed by atoms with Crippen LogP contribution in [-0.2, 0) is 0 Å². The highest BCUT2D eigenvalue weighted by Gasteiger charge is 2.43. The number of allylic oxidation sites excluding steroid dienone is 3. The predicted octanol–water partition coefficient (Wildman–Crippen LogP) is 5.59. The van der Waals surface area contributed by atoms with E-state index in [0.29, 0.717) is 17.8 Å². The lowest BCUT2D eigenvalue weighted by Gasteiger charge is -2.47. The van der Waals surface area contributed by atoms with Gasteiger partial charge in [0.1, 0.15) is 0 Å². The van der Waals surface area contributed by atoms with Gasteiger partial charge in [0.25, 0.3) is 0 Å². The molecule has 0 bridgehead atoms. The molecular weight excluding hydrogens is 371 g/mol. The minimum atomic E-state index is -2.65. The first-order valence-corrected chi connectivity index (χ1v) is 9.93. The molecule has 7 heteroatoms. The Hall–Kier alpha value is -1.99. The van der Waals surface area contributed by atoms with Gasteiger partial charge in [-0.3, -0.25) is 13.6 Å². The molecule has 0 amide bonds. The molecule has 3 rings (SSSR count). The smallest absolute Gasteiger partial charge is 0.329 e. The van der Waals surface area contributed by atoms with Gasteiger partial charge in [0, 0.05) is 28.2 Å². The number of aromatic nitrogens is 1. The minimum Gasteiger partial charge on any atom is -0.329 e. The molecule has 0 saturated heterocycles. The maximum Gasteiger partial charge on any atom is 0.677 e. The Bertz CT molecular complexity index is 980. The molecule has 1 aromatic heterocycles. The van der Waals surface area contributed by atoms with E-state index in [-0.39, 0.29) is 0 Å². The van der Waals surface area contributed by atoms with Crippen molar-refractivity contribution in [3.63, 3.8) is 0 Å². The Labute approximate surface area is 172 Å². The number of hydroxylamine groups is 2. The fourth-order valence-electron chi connectivity index (χ4n) is 4.75. The molecule has 156 valence electrons. The molecule has 0 fully saturated rings. The Morgan fingerprint density at radius 3 is 2.24 bits per heavy atom. The largest absolute Gasteiger partial charge is 0.677 e. The van der Waals surface area contributed by atoms with Gasteiger partial charge >= 0.3 is 7.40 Å². The van der Waals surface area contributed by atoms with E-state index in [1.807, 2.05) is 60.6 Å². The van der Waals surface area contributed by atoms with Crippen LogP contribution in [0.15, 0.2) is 40.1 Å². The average molecular weight is 401 g/mol. The monoisotopic (exact) mass is 401 g/mol. The van der Waals surface area contributed by atoms with Crippen molar-refractivity contribution in [2.45, 2.75) is 72.9 Å². The summed E-state index contributed by atoms with van der Waals surface area (Å²) in [5.41, 5.74) is 4.81. The van der Waals surface area contributed by atoms with Crippen molar-refractivity contribution < 1.29 is 13.8 Å². The van der Waals surface area contributed by atoms with E-state index in [1.54, 1.807) is 13.0 Å². The quantitative estimate of drug-likeness (QED) is 0.671. The lowest BCUT2D eigenvalue weighted by Crippen LogP contribution is -2.55. The van der Waals surface area contributed by atoms with E-state index in [4.69, 9.17) is 4.99 Å². The molecule has 0 radical (unpaired) electrons. The second-order valence-corrected chi connectivity index (χ2v) is 9.39. The molecule has 4 nitrogen and oxygen atoms in total. The summed E-state index contributed by atoms with van der Waals surface area (Å²) in [6, 6.07) is 1.80. The predicted molar refractivity (Wildman–Crippen MR) is 116 cm³/mol. The highest BCUT2D eigenvalue weighted by atomic mass is 19.2. The lowest BCUT2D eigenvalue weighted by atomic mass is 9.78. The third kappa shape index (κ3) is 3.66. The van der Waals surface area contributed by atoms with Crippen LogP contribution in [0.5, 0.6) is 0 Å². The van der Waals surface area contributed by atoms with Gasteiger partial charge in [-0.05, 0) is 90.7 Å². The number of hydrogen-bond acceptors (Lipinski definition) is 3. The normalized spacial score (nSPS) is 22.9. The summed E-state index contributed by atoms with van der Waals surface area (Å²) in [6.07, 6.45) is 4.47. The first-order chi connectivity index (χ1) is 13.3. The maximum absolute atomic E-state index is 14.1. The summed E-state index contributed by atoms with van der Waals surface area (Å²) in [7, 11) is -2.65. The second-order valence-electron chi connectivity index (χ2n) is 9.39. The number of rotatable bonds is 3. The van der Waals surface area contributed by atoms with E-state index in [9.17, 15) is 13.8 Å². The molecule has 2 aliphatic heterocycles. The van der Waals surface area contributed by atoms with Crippen molar-refractivity contribution in [3.8, 4) is 0 Å². The van der Waals surface area contributed by atoms with Crippen LogP contribution >= 0.6 is 0 Å². The molecule has 0 unspecified atom stereocenters. The number of aliphatic imine (C=N–C) groups is 1. The van der Waals surface area contributed by atoms with Gasteiger partial charge in [0.05, 0.1) is 11.2 Å².